The van der Waals surface area contributed by atoms with Crippen molar-refractivity contribution < 1.29 is 18.3 Å². The molecule has 0 aromatic heterocycles. The summed E-state index contributed by atoms with van der Waals surface area (Å²) in [6.07, 6.45) is 0.555. The third-order valence-corrected chi connectivity index (χ3v) is 2.35. The molecule has 0 bridgehead atoms. The highest BCUT2D eigenvalue weighted by Gasteiger charge is 2.26. The quantitative estimate of drug-likeness (QED) is 0.556. The van der Waals surface area contributed by atoms with Crippen LogP contribution in [0.5, 0.6) is 0 Å². The number of aliphatic carboxylic acids is 1. The first-order valence-electron chi connectivity index (χ1n) is 3.80. The Hall–Kier alpha value is -0.660. The van der Waals surface area contributed by atoms with Crippen LogP contribution in [0, 0.1) is 5.92 Å². The number of rotatable bonds is 5. The lowest BCUT2D eigenvalue weighted by molar-refractivity contribution is -0.140. The Morgan fingerprint density at radius 3 is 2.31 bits per heavy atom. The van der Waals surface area contributed by atoms with Crippen molar-refractivity contribution in [2.24, 2.45) is 11.1 Å². The standard InChI is InChI=1S/C6H14N2O4S/c1-3-4(2)5(6(9)10)8-13(7,11)12/h4-5,8H,3H2,1-2H3,(H,9,10)(H2,7,11,12)/t4?,5-/m0/s1. The molecule has 2 atom stereocenters. The van der Waals surface area contributed by atoms with Gasteiger partial charge >= 0.3 is 5.97 Å². The number of hydrogen-bond acceptors (Lipinski definition) is 3. The van der Waals surface area contributed by atoms with Crippen molar-refractivity contribution in [3.8, 4) is 0 Å². The molecule has 0 fully saturated rings. The first-order valence-corrected chi connectivity index (χ1v) is 5.35. The fourth-order valence-electron chi connectivity index (χ4n) is 0.823. The molecule has 6 nitrogen and oxygen atoms in total. The number of nitrogens with two attached hydrogens (primary N) is 1. The van der Waals surface area contributed by atoms with Gasteiger partial charge in [0.05, 0.1) is 0 Å². The molecule has 0 aliphatic rings. The van der Waals surface area contributed by atoms with Gasteiger partial charge in [-0.3, -0.25) is 4.79 Å². The second kappa shape index (κ2) is 4.54. The summed E-state index contributed by atoms with van der Waals surface area (Å²) in [4.78, 5) is 10.6. The molecule has 0 saturated carbocycles. The number of nitrogens with one attached hydrogen (secondary N) is 1. The van der Waals surface area contributed by atoms with E-state index in [9.17, 15) is 13.2 Å². The van der Waals surface area contributed by atoms with Gasteiger partial charge in [-0.2, -0.15) is 13.1 Å². The summed E-state index contributed by atoms with van der Waals surface area (Å²) in [5, 5.41) is 13.3. The van der Waals surface area contributed by atoms with E-state index >= 15 is 0 Å². The summed E-state index contributed by atoms with van der Waals surface area (Å²) in [5.74, 6) is -1.51. The summed E-state index contributed by atoms with van der Waals surface area (Å²) >= 11 is 0. The topological polar surface area (TPSA) is 109 Å². The van der Waals surface area contributed by atoms with Crippen LogP contribution in [0.1, 0.15) is 20.3 Å². The molecule has 0 aliphatic carbocycles. The maximum Gasteiger partial charge on any atom is 0.322 e. The van der Waals surface area contributed by atoms with E-state index < -0.39 is 22.2 Å². The Balaban J connectivity index is 4.54. The van der Waals surface area contributed by atoms with E-state index in [2.05, 4.69) is 5.14 Å². The van der Waals surface area contributed by atoms with Gasteiger partial charge in [0.2, 0.25) is 0 Å². The molecule has 1 unspecified atom stereocenters. The molecule has 0 saturated heterocycles. The number of carbonyl (C=O) groups is 1. The van der Waals surface area contributed by atoms with Crippen molar-refractivity contribution >= 4 is 16.2 Å². The summed E-state index contributed by atoms with van der Waals surface area (Å²) in [7, 11) is -3.95. The van der Waals surface area contributed by atoms with Gasteiger partial charge < -0.3 is 5.11 Å². The van der Waals surface area contributed by atoms with Crippen molar-refractivity contribution in [2.45, 2.75) is 26.3 Å². The van der Waals surface area contributed by atoms with Crippen LogP contribution in [0.25, 0.3) is 0 Å². The third kappa shape index (κ3) is 4.81. The van der Waals surface area contributed by atoms with E-state index in [4.69, 9.17) is 5.11 Å². The zero-order valence-electron chi connectivity index (χ0n) is 7.52. The van der Waals surface area contributed by atoms with E-state index in [1.54, 1.807) is 13.8 Å². The predicted octanol–water partition coefficient (Wildman–Crippen LogP) is -0.721. The largest absolute Gasteiger partial charge is 0.480 e. The van der Waals surface area contributed by atoms with Crippen LogP contribution in [0.3, 0.4) is 0 Å². The molecule has 13 heavy (non-hydrogen) atoms. The molecule has 0 radical (unpaired) electrons. The molecular formula is C6H14N2O4S. The minimum absolute atomic E-state index is 0.296. The van der Waals surface area contributed by atoms with Gasteiger partial charge in [0.15, 0.2) is 0 Å². The number of hydrogen-bond donors (Lipinski definition) is 3. The van der Waals surface area contributed by atoms with Gasteiger partial charge in [-0.05, 0) is 5.92 Å². The molecule has 0 aliphatic heterocycles. The van der Waals surface area contributed by atoms with Gasteiger partial charge in [-0.1, -0.05) is 20.3 Å². The van der Waals surface area contributed by atoms with Crippen LogP contribution in [-0.4, -0.2) is 25.5 Å². The molecule has 0 aromatic rings. The maximum atomic E-state index is 10.6. The Labute approximate surface area is 77.3 Å². The highest BCUT2D eigenvalue weighted by molar-refractivity contribution is 7.87. The zero-order valence-corrected chi connectivity index (χ0v) is 8.34. The van der Waals surface area contributed by atoms with Crippen molar-refractivity contribution in [3.63, 3.8) is 0 Å². The van der Waals surface area contributed by atoms with E-state index in [1.807, 2.05) is 4.72 Å². The maximum absolute atomic E-state index is 10.6. The summed E-state index contributed by atoms with van der Waals surface area (Å²) in [6.45, 7) is 3.41. The molecule has 0 rings (SSSR count). The van der Waals surface area contributed by atoms with Crippen LogP contribution in [-0.2, 0) is 15.0 Å². The number of carboxylic acids is 1. The molecule has 0 aromatic carbocycles. The fourth-order valence-corrected chi connectivity index (χ4v) is 1.51. The van der Waals surface area contributed by atoms with E-state index in [-0.39, 0.29) is 5.92 Å². The van der Waals surface area contributed by atoms with Crippen molar-refractivity contribution in [3.05, 3.63) is 0 Å². The monoisotopic (exact) mass is 210 g/mol. The molecule has 4 N–H and O–H groups in total. The van der Waals surface area contributed by atoms with Crippen LogP contribution in [0.15, 0.2) is 0 Å². The average molecular weight is 210 g/mol. The molecular weight excluding hydrogens is 196 g/mol. The normalized spacial score (nSPS) is 16.5. The van der Waals surface area contributed by atoms with Gasteiger partial charge in [0.1, 0.15) is 6.04 Å². The smallest absolute Gasteiger partial charge is 0.322 e. The van der Waals surface area contributed by atoms with Crippen molar-refractivity contribution in [1.29, 1.82) is 0 Å². The molecule has 7 heteroatoms. The Kier molecular flexibility index (Phi) is 4.31. The summed E-state index contributed by atoms with van der Waals surface area (Å²) < 4.78 is 23.0. The molecule has 78 valence electrons. The van der Waals surface area contributed by atoms with Crippen LogP contribution < -0.4 is 9.86 Å². The van der Waals surface area contributed by atoms with E-state index in [0.29, 0.717) is 6.42 Å². The van der Waals surface area contributed by atoms with Crippen molar-refractivity contribution in [1.82, 2.24) is 4.72 Å². The Morgan fingerprint density at radius 1 is 1.62 bits per heavy atom. The van der Waals surface area contributed by atoms with Gasteiger partial charge in [-0.15, -0.1) is 0 Å². The van der Waals surface area contributed by atoms with Gasteiger partial charge in [0.25, 0.3) is 10.2 Å². The Bertz CT molecular complexity index is 274. The highest BCUT2D eigenvalue weighted by Crippen LogP contribution is 2.07. The fraction of sp³-hybridized carbons (Fsp3) is 0.833. The minimum Gasteiger partial charge on any atom is -0.480 e. The second-order valence-corrected chi connectivity index (χ2v) is 4.19. The SMILES string of the molecule is CCC(C)[C@H](NS(N)(=O)=O)C(=O)O. The average Bonchev–Trinajstić information content (AvgIpc) is 1.96. The van der Waals surface area contributed by atoms with Gasteiger partial charge in [-0.25, -0.2) is 5.14 Å². The van der Waals surface area contributed by atoms with Crippen molar-refractivity contribution in [2.75, 3.05) is 0 Å². The van der Waals surface area contributed by atoms with Crippen LogP contribution in [0.4, 0.5) is 0 Å². The van der Waals surface area contributed by atoms with E-state index in [0.717, 1.165) is 0 Å². The first-order chi connectivity index (χ1) is 5.78. The predicted molar refractivity (Wildman–Crippen MR) is 47.1 cm³/mol. The van der Waals surface area contributed by atoms with E-state index in [1.165, 1.54) is 0 Å². The lowest BCUT2D eigenvalue weighted by Gasteiger charge is -2.18. The molecule has 0 amide bonds. The highest BCUT2D eigenvalue weighted by atomic mass is 32.2. The third-order valence-electron chi connectivity index (χ3n) is 1.77. The van der Waals surface area contributed by atoms with Gasteiger partial charge in [0, 0.05) is 0 Å². The molecule has 0 heterocycles. The lowest BCUT2D eigenvalue weighted by Crippen LogP contribution is -2.47. The van der Waals surface area contributed by atoms with Crippen LogP contribution >= 0.6 is 0 Å². The Morgan fingerprint density at radius 2 is 2.08 bits per heavy atom. The minimum atomic E-state index is -3.95. The van der Waals surface area contributed by atoms with Crippen LogP contribution in [0.2, 0.25) is 0 Å². The second-order valence-electron chi connectivity index (χ2n) is 2.86. The summed E-state index contributed by atoms with van der Waals surface area (Å²) in [5.41, 5.74) is 0. The zero-order chi connectivity index (χ0) is 10.6. The summed E-state index contributed by atoms with van der Waals surface area (Å²) in [6, 6.07) is -1.15. The lowest BCUT2D eigenvalue weighted by atomic mass is 10.0. The number of carboxylic acid groups (broad SMARTS) is 1. The first kappa shape index (κ1) is 12.3. The molecule has 0 spiro atoms.